The van der Waals surface area contributed by atoms with Crippen molar-refractivity contribution in [2.24, 2.45) is 0 Å². The van der Waals surface area contributed by atoms with Crippen LogP contribution in [0.4, 0.5) is 0 Å². The molecule has 6 nitrogen and oxygen atoms in total. The Kier molecular flexibility index (Phi) is 8.24. The highest BCUT2D eigenvalue weighted by molar-refractivity contribution is 7.85. The summed E-state index contributed by atoms with van der Waals surface area (Å²) in [7, 11) is -1.25. The van der Waals surface area contributed by atoms with E-state index in [2.05, 4.69) is 6.58 Å². The Morgan fingerprint density at radius 2 is 1.75 bits per heavy atom. The first kappa shape index (κ1) is 23.3. The molecular formula is C25H30O6S. The molecule has 2 aliphatic rings. The van der Waals surface area contributed by atoms with Crippen molar-refractivity contribution in [3.05, 3.63) is 84.4 Å². The first-order valence-corrected chi connectivity index (χ1v) is 12.3. The second kappa shape index (κ2) is 11.3. The zero-order valence-corrected chi connectivity index (χ0v) is 19.0. The van der Waals surface area contributed by atoms with Crippen LogP contribution in [0.5, 0.6) is 0 Å². The lowest BCUT2D eigenvalue weighted by atomic mass is 9.98. The maximum absolute atomic E-state index is 12.9. The molecule has 2 aromatic carbocycles. The van der Waals surface area contributed by atoms with Gasteiger partial charge in [0.15, 0.2) is 11.7 Å². The molecule has 7 heteroatoms. The molecular weight excluding hydrogens is 428 g/mol. The number of hydrogen-bond donors (Lipinski definition) is 0. The summed E-state index contributed by atoms with van der Waals surface area (Å²) < 4.78 is 43.9. The molecule has 2 fully saturated rings. The summed E-state index contributed by atoms with van der Waals surface area (Å²) in [4.78, 5) is 0. The van der Waals surface area contributed by atoms with Crippen LogP contribution in [-0.2, 0) is 41.1 Å². The van der Waals surface area contributed by atoms with Gasteiger partial charge in [0.25, 0.3) is 0 Å². The molecule has 32 heavy (non-hydrogen) atoms. The number of rotatable bonds is 9. The van der Waals surface area contributed by atoms with Crippen LogP contribution in [0.25, 0.3) is 0 Å². The lowest BCUT2D eigenvalue weighted by Crippen LogP contribution is -2.64. The highest BCUT2D eigenvalue weighted by Gasteiger charge is 2.52. The van der Waals surface area contributed by atoms with Gasteiger partial charge in [-0.25, -0.2) is 0 Å². The SMILES string of the molecule is C=CCO[C@H]1[C@@H](OCc2ccccc2)[C@@H]2O[C@H](c3ccccc3)OC[C@H]2O[C@@H]1[S@@](=O)CC. The molecule has 172 valence electrons. The summed E-state index contributed by atoms with van der Waals surface area (Å²) in [5.41, 5.74) is 1.33. The standard InChI is InChI=1S/C25H30O6S/c1-3-15-27-23-22(28-16-18-11-7-5-8-12-18)21-20(30-25(23)32(26)4-2)17-29-24(31-21)19-13-9-6-10-14-19/h3,5-14,20-25H,1,4,15-17H2,2H3/t20-,21-,22+,23+,24-,25-,32+/m1/s1. The number of fused-ring (bicyclic) bond motifs is 1. The van der Waals surface area contributed by atoms with Gasteiger partial charge in [-0.15, -0.1) is 6.58 Å². The molecule has 0 saturated carbocycles. The van der Waals surface area contributed by atoms with E-state index in [1.54, 1.807) is 6.08 Å². The van der Waals surface area contributed by atoms with Gasteiger partial charge >= 0.3 is 0 Å². The quantitative estimate of drug-likeness (QED) is 0.534. The largest absolute Gasteiger partial charge is 0.368 e. The van der Waals surface area contributed by atoms with Gasteiger partial charge in [0.1, 0.15) is 24.4 Å². The summed E-state index contributed by atoms with van der Waals surface area (Å²) in [6.45, 7) is 6.63. The zero-order valence-electron chi connectivity index (χ0n) is 18.2. The summed E-state index contributed by atoms with van der Waals surface area (Å²) in [5.74, 6) is 0.454. The fourth-order valence-corrected chi connectivity index (χ4v) is 5.14. The third-order valence-electron chi connectivity index (χ3n) is 5.59. The first-order valence-electron chi connectivity index (χ1n) is 10.9. The van der Waals surface area contributed by atoms with E-state index in [9.17, 15) is 4.21 Å². The normalized spacial score (nSPS) is 30.9. The fraction of sp³-hybridized carbons (Fsp3) is 0.440. The van der Waals surface area contributed by atoms with E-state index in [1.807, 2.05) is 67.6 Å². The predicted octanol–water partition coefficient (Wildman–Crippen LogP) is 3.75. The van der Waals surface area contributed by atoms with E-state index >= 15 is 0 Å². The van der Waals surface area contributed by atoms with Gasteiger partial charge in [-0.3, -0.25) is 4.21 Å². The van der Waals surface area contributed by atoms with E-state index in [0.29, 0.717) is 25.6 Å². The smallest absolute Gasteiger partial charge is 0.184 e. The van der Waals surface area contributed by atoms with Crippen LogP contribution in [-0.4, -0.2) is 53.0 Å². The van der Waals surface area contributed by atoms with Gasteiger partial charge in [0.2, 0.25) is 0 Å². The monoisotopic (exact) mass is 458 g/mol. The van der Waals surface area contributed by atoms with Crippen LogP contribution in [0.15, 0.2) is 73.3 Å². The predicted molar refractivity (Wildman–Crippen MR) is 122 cm³/mol. The van der Waals surface area contributed by atoms with Crippen LogP contribution < -0.4 is 0 Å². The molecule has 0 unspecified atom stereocenters. The summed E-state index contributed by atoms with van der Waals surface area (Å²) >= 11 is 0. The minimum Gasteiger partial charge on any atom is -0.368 e. The minimum atomic E-state index is -1.25. The highest BCUT2D eigenvalue weighted by Crippen LogP contribution is 2.37. The molecule has 0 radical (unpaired) electrons. The van der Waals surface area contributed by atoms with Gasteiger partial charge in [-0.05, 0) is 5.56 Å². The van der Waals surface area contributed by atoms with Crippen LogP contribution in [0.3, 0.4) is 0 Å². The van der Waals surface area contributed by atoms with Crippen LogP contribution >= 0.6 is 0 Å². The molecule has 0 bridgehead atoms. The molecule has 7 atom stereocenters. The molecule has 0 N–H and O–H groups in total. The van der Waals surface area contributed by atoms with E-state index in [4.69, 9.17) is 23.7 Å². The van der Waals surface area contributed by atoms with Crippen molar-refractivity contribution in [3.63, 3.8) is 0 Å². The molecule has 0 aromatic heterocycles. The average molecular weight is 459 g/mol. The fourth-order valence-electron chi connectivity index (χ4n) is 4.01. The molecule has 0 aliphatic carbocycles. The van der Waals surface area contributed by atoms with Gasteiger partial charge < -0.3 is 23.7 Å². The molecule has 2 aliphatic heterocycles. The summed E-state index contributed by atoms with van der Waals surface area (Å²) in [5, 5.41) is 0. The topological polar surface area (TPSA) is 63.2 Å². The van der Waals surface area contributed by atoms with Crippen LogP contribution in [0, 0.1) is 0 Å². The molecule has 4 rings (SSSR count). The lowest BCUT2D eigenvalue weighted by Gasteiger charge is -2.48. The van der Waals surface area contributed by atoms with E-state index in [0.717, 1.165) is 11.1 Å². The highest BCUT2D eigenvalue weighted by atomic mass is 32.2. The Bertz CT molecular complexity index is 877. The second-order valence-corrected chi connectivity index (χ2v) is 9.54. The zero-order chi connectivity index (χ0) is 22.3. The second-order valence-electron chi connectivity index (χ2n) is 7.74. The Morgan fingerprint density at radius 3 is 2.44 bits per heavy atom. The van der Waals surface area contributed by atoms with Gasteiger partial charge in [-0.1, -0.05) is 73.7 Å². The third kappa shape index (κ3) is 5.36. The molecule has 0 spiro atoms. The number of hydrogen-bond acceptors (Lipinski definition) is 6. The van der Waals surface area contributed by atoms with E-state index < -0.39 is 46.9 Å². The maximum atomic E-state index is 12.9. The van der Waals surface area contributed by atoms with Crippen molar-refractivity contribution in [1.29, 1.82) is 0 Å². The van der Waals surface area contributed by atoms with E-state index in [-0.39, 0.29) is 0 Å². The maximum Gasteiger partial charge on any atom is 0.184 e. The summed E-state index contributed by atoms with van der Waals surface area (Å²) in [6.07, 6.45) is -0.739. The Morgan fingerprint density at radius 1 is 1.03 bits per heavy atom. The molecule has 2 heterocycles. The molecule has 2 saturated heterocycles. The van der Waals surface area contributed by atoms with E-state index in [1.165, 1.54) is 0 Å². The van der Waals surface area contributed by atoms with Gasteiger partial charge in [0, 0.05) is 11.3 Å². The molecule has 2 aromatic rings. The average Bonchev–Trinajstić information content (AvgIpc) is 2.86. The Balaban J connectivity index is 1.61. The first-order chi connectivity index (χ1) is 15.7. The van der Waals surface area contributed by atoms with Gasteiger partial charge in [0.05, 0.1) is 30.6 Å². The van der Waals surface area contributed by atoms with Crippen molar-refractivity contribution < 1.29 is 27.9 Å². The molecule has 0 amide bonds. The van der Waals surface area contributed by atoms with Gasteiger partial charge in [-0.2, -0.15) is 0 Å². The third-order valence-corrected chi connectivity index (χ3v) is 7.06. The number of benzene rings is 2. The van der Waals surface area contributed by atoms with Crippen molar-refractivity contribution >= 4 is 10.8 Å². The lowest BCUT2D eigenvalue weighted by molar-refractivity contribution is -0.328. The number of ether oxygens (including phenoxy) is 5. The van der Waals surface area contributed by atoms with Crippen LogP contribution in [0.2, 0.25) is 0 Å². The van der Waals surface area contributed by atoms with Crippen molar-refractivity contribution in [1.82, 2.24) is 0 Å². The van der Waals surface area contributed by atoms with Crippen molar-refractivity contribution in [3.8, 4) is 0 Å². The Labute approximate surface area is 191 Å². The Hall–Kier alpha value is -1.87. The summed E-state index contributed by atoms with van der Waals surface area (Å²) in [6, 6.07) is 19.7. The van der Waals surface area contributed by atoms with Crippen molar-refractivity contribution in [2.45, 2.75) is 49.7 Å². The van der Waals surface area contributed by atoms with Crippen molar-refractivity contribution in [2.75, 3.05) is 19.0 Å². The minimum absolute atomic E-state index is 0.298. The van der Waals surface area contributed by atoms with Crippen LogP contribution in [0.1, 0.15) is 24.3 Å².